The fourth-order valence-electron chi connectivity index (χ4n) is 2.04. The fraction of sp³-hybridized carbons (Fsp3) is 0.250. The number of hydrogen-bond donors (Lipinski definition) is 2. The van der Waals surface area contributed by atoms with Gasteiger partial charge in [-0.3, -0.25) is 9.98 Å². The van der Waals surface area contributed by atoms with E-state index in [0.717, 1.165) is 11.1 Å². The molecular formula is C16H18F3IN4O. The van der Waals surface area contributed by atoms with Crippen LogP contribution in [-0.2, 0) is 6.42 Å². The number of rotatable bonds is 5. The molecule has 0 saturated carbocycles. The van der Waals surface area contributed by atoms with Gasteiger partial charge < -0.3 is 15.8 Å². The molecule has 0 saturated heterocycles. The molecule has 136 valence electrons. The molecule has 0 aliphatic carbocycles. The van der Waals surface area contributed by atoms with Gasteiger partial charge in [-0.1, -0.05) is 12.1 Å². The lowest BCUT2D eigenvalue weighted by Gasteiger charge is -2.14. The Morgan fingerprint density at radius 1 is 1.28 bits per heavy atom. The van der Waals surface area contributed by atoms with Crippen molar-refractivity contribution in [2.24, 2.45) is 10.7 Å². The Kier molecular flexibility index (Phi) is 7.94. The lowest BCUT2D eigenvalue weighted by atomic mass is 10.1. The Balaban J connectivity index is 0.00000312. The molecule has 0 unspecified atom stereocenters. The number of pyridine rings is 1. The standard InChI is InChI=1S/C16H17F3N4O.HI/c1-11-10-21-8-6-12(11)7-9-22-15(20)23-13-4-2-3-5-14(13)24-16(17,18)19;/h2-6,8,10H,7,9H2,1H3,(H3,20,22,23);1H. The number of nitrogens with one attached hydrogen (secondary N) is 1. The maximum absolute atomic E-state index is 12.4. The van der Waals surface area contributed by atoms with E-state index in [1.165, 1.54) is 18.2 Å². The number of aliphatic imine (C=N–C) groups is 1. The second kappa shape index (κ2) is 9.44. The Morgan fingerprint density at radius 3 is 2.68 bits per heavy atom. The molecule has 0 radical (unpaired) electrons. The van der Waals surface area contributed by atoms with Crippen LogP contribution in [0.4, 0.5) is 18.9 Å². The third-order valence-corrected chi connectivity index (χ3v) is 3.18. The van der Waals surface area contributed by atoms with E-state index in [1.807, 2.05) is 13.0 Å². The Hall–Kier alpha value is -2.04. The first kappa shape index (κ1) is 21.0. The average molecular weight is 466 g/mol. The van der Waals surface area contributed by atoms with Gasteiger partial charge in [0.15, 0.2) is 11.7 Å². The second-order valence-corrected chi connectivity index (χ2v) is 4.99. The molecule has 2 rings (SSSR count). The number of anilines is 1. The van der Waals surface area contributed by atoms with Gasteiger partial charge >= 0.3 is 6.36 Å². The molecule has 2 aromatic rings. The van der Waals surface area contributed by atoms with Gasteiger partial charge in [0.05, 0.1) is 5.69 Å². The molecule has 0 aliphatic heterocycles. The summed E-state index contributed by atoms with van der Waals surface area (Å²) in [5, 5.41) is 2.62. The molecule has 3 N–H and O–H groups in total. The van der Waals surface area contributed by atoms with Gasteiger partial charge in [-0.05, 0) is 42.7 Å². The highest BCUT2D eigenvalue weighted by Crippen LogP contribution is 2.29. The summed E-state index contributed by atoms with van der Waals surface area (Å²) in [5.74, 6) is -0.354. The lowest BCUT2D eigenvalue weighted by molar-refractivity contribution is -0.274. The maximum atomic E-state index is 12.4. The van der Waals surface area contributed by atoms with Crippen molar-refractivity contribution < 1.29 is 17.9 Å². The Bertz CT molecular complexity index is 723. The smallest absolute Gasteiger partial charge is 0.404 e. The van der Waals surface area contributed by atoms with E-state index < -0.39 is 6.36 Å². The number of para-hydroxylation sites is 2. The first-order valence-electron chi connectivity index (χ1n) is 7.16. The fourth-order valence-corrected chi connectivity index (χ4v) is 2.04. The topological polar surface area (TPSA) is 72.5 Å². The van der Waals surface area contributed by atoms with Gasteiger partial charge in [-0.15, -0.1) is 37.1 Å². The predicted octanol–water partition coefficient (Wildman–Crippen LogP) is 3.88. The minimum Gasteiger partial charge on any atom is -0.404 e. The van der Waals surface area contributed by atoms with Crippen molar-refractivity contribution in [2.75, 3.05) is 11.9 Å². The molecule has 0 amide bonds. The van der Waals surface area contributed by atoms with Crippen LogP contribution in [0.3, 0.4) is 0 Å². The lowest BCUT2D eigenvalue weighted by Crippen LogP contribution is -2.25. The molecule has 1 heterocycles. The number of aryl methyl sites for hydroxylation is 1. The van der Waals surface area contributed by atoms with E-state index in [4.69, 9.17) is 5.73 Å². The molecule has 0 fully saturated rings. The number of hydrogen-bond acceptors (Lipinski definition) is 3. The summed E-state index contributed by atoms with van der Waals surface area (Å²) in [6, 6.07) is 7.52. The van der Waals surface area contributed by atoms with Crippen molar-refractivity contribution in [3.63, 3.8) is 0 Å². The van der Waals surface area contributed by atoms with Crippen LogP contribution in [-0.4, -0.2) is 23.9 Å². The quantitative estimate of drug-likeness (QED) is 0.399. The summed E-state index contributed by atoms with van der Waals surface area (Å²) < 4.78 is 41.1. The molecule has 1 aromatic heterocycles. The van der Waals surface area contributed by atoms with Gasteiger partial charge in [0.1, 0.15) is 0 Å². The van der Waals surface area contributed by atoms with Crippen LogP contribution in [0, 0.1) is 6.92 Å². The number of halogens is 4. The number of aromatic nitrogens is 1. The third-order valence-electron chi connectivity index (χ3n) is 3.18. The molecule has 0 bridgehead atoms. The van der Waals surface area contributed by atoms with Crippen molar-refractivity contribution in [1.29, 1.82) is 0 Å². The molecular weight excluding hydrogens is 448 g/mol. The van der Waals surface area contributed by atoms with Crippen molar-refractivity contribution in [3.8, 4) is 5.75 Å². The Morgan fingerprint density at radius 2 is 2.00 bits per heavy atom. The second-order valence-electron chi connectivity index (χ2n) is 4.99. The highest BCUT2D eigenvalue weighted by molar-refractivity contribution is 14.0. The number of alkyl halides is 3. The summed E-state index contributed by atoms with van der Waals surface area (Å²) in [6.45, 7) is 2.34. The van der Waals surface area contributed by atoms with Crippen molar-refractivity contribution in [3.05, 3.63) is 53.9 Å². The van der Waals surface area contributed by atoms with Crippen LogP contribution >= 0.6 is 24.0 Å². The molecule has 0 atom stereocenters. The molecule has 1 aromatic carbocycles. The third kappa shape index (κ3) is 7.16. The van der Waals surface area contributed by atoms with Crippen molar-refractivity contribution in [2.45, 2.75) is 19.7 Å². The maximum Gasteiger partial charge on any atom is 0.573 e. The summed E-state index contributed by atoms with van der Waals surface area (Å²) in [6.07, 6.45) is -0.677. The minimum absolute atomic E-state index is 0. The number of ether oxygens (including phenoxy) is 1. The van der Waals surface area contributed by atoms with Crippen LogP contribution in [0.5, 0.6) is 5.75 Å². The number of nitrogens with two attached hydrogens (primary N) is 1. The van der Waals surface area contributed by atoms with E-state index in [9.17, 15) is 13.2 Å². The monoisotopic (exact) mass is 466 g/mol. The van der Waals surface area contributed by atoms with Crippen molar-refractivity contribution >= 4 is 35.6 Å². The van der Waals surface area contributed by atoms with E-state index in [2.05, 4.69) is 20.0 Å². The molecule has 0 spiro atoms. The number of benzene rings is 1. The van der Waals surface area contributed by atoms with E-state index in [1.54, 1.807) is 18.5 Å². The minimum atomic E-state index is -4.78. The Labute approximate surface area is 160 Å². The molecule has 0 aliphatic rings. The van der Waals surface area contributed by atoms with E-state index >= 15 is 0 Å². The van der Waals surface area contributed by atoms with Crippen LogP contribution in [0.25, 0.3) is 0 Å². The molecule has 9 heteroatoms. The number of guanidine groups is 1. The SMILES string of the molecule is Cc1cnccc1CCN=C(N)Nc1ccccc1OC(F)(F)F.I. The van der Waals surface area contributed by atoms with Crippen LogP contribution in [0.2, 0.25) is 0 Å². The van der Waals surface area contributed by atoms with Crippen LogP contribution < -0.4 is 15.8 Å². The number of nitrogens with zero attached hydrogens (tertiary/aromatic N) is 2. The normalized spacial score (nSPS) is 11.6. The zero-order valence-electron chi connectivity index (χ0n) is 13.4. The van der Waals surface area contributed by atoms with Gasteiger partial charge in [0.25, 0.3) is 0 Å². The van der Waals surface area contributed by atoms with Crippen LogP contribution in [0.15, 0.2) is 47.7 Å². The summed E-state index contributed by atoms with van der Waals surface area (Å²) in [7, 11) is 0. The first-order chi connectivity index (χ1) is 11.3. The molecule has 5 nitrogen and oxygen atoms in total. The average Bonchev–Trinajstić information content (AvgIpc) is 2.50. The summed E-state index contributed by atoms with van der Waals surface area (Å²) >= 11 is 0. The van der Waals surface area contributed by atoms with Gasteiger partial charge in [0.2, 0.25) is 0 Å². The predicted molar refractivity (Wildman–Crippen MR) is 101 cm³/mol. The van der Waals surface area contributed by atoms with Crippen molar-refractivity contribution in [1.82, 2.24) is 4.98 Å². The van der Waals surface area contributed by atoms with Gasteiger partial charge in [-0.25, -0.2) is 0 Å². The summed E-state index contributed by atoms with van der Waals surface area (Å²) in [4.78, 5) is 8.12. The first-order valence-corrected chi connectivity index (χ1v) is 7.16. The van der Waals surface area contributed by atoms with Crippen LogP contribution in [0.1, 0.15) is 11.1 Å². The highest BCUT2D eigenvalue weighted by Gasteiger charge is 2.32. The van der Waals surface area contributed by atoms with Gasteiger partial charge in [0, 0.05) is 18.9 Å². The largest absolute Gasteiger partial charge is 0.573 e. The van der Waals surface area contributed by atoms with E-state index in [-0.39, 0.29) is 41.4 Å². The van der Waals surface area contributed by atoms with Gasteiger partial charge in [-0.2, -0.15) is 0 Å². The zero-order chi connectivity index (χ0) is 17.6. The highest BCUT2D eigenvalue weighted by atomic mass is 127. The molecule has 25 heavy (non-hydrogen) atoms. The summed E-state index contributed by atoms with van der Waals surface area (Å²) in [5.41, 5.74) is 7.95. The zero-order valence-corrected chi connectivity index (χ0v) is 15.7. The van der Waals surface area contributed by atoms with E-state index in [0.29, 0.717) is 13.0 Å².